The molecule has 0 spiro atoms. The summed E-state index contributed by atoms with van der Waals surface area (Å²) >= 11 is 0. The predicted octanol–water partition coefficient (Wildman–Crippen LogP) is 2.87. The molecule has 0 aliphatic heterocycles. The van der Waals surface area contributed by atoms with Crippen LogP contribution >= 0.6 is 0 Å². The fraction of sp³-hybridized carbons (Fsp3) is 0.526. The van der Waals surface area contributed by atoms with Crippen molar-refractivity contribution < 1.29 is 29.0 Å². The SMILES string of the molecule is CCOC(=O)CCc1cccc(C(C)(CCCOC(C)=O)C(=O)O)c1. The van der Waals surface area contributed by atoms with Gasteiger partial charge < -0.3 is 14.6 Å². The lowest BCUT2D eigenvalue weighted by Gasteiger charge is -2.26. The molecule has 6 nitrogen and oxygen atoms in total. The smallest absolute Gasteiger partial charge is 0.313 e. The van der Waals surface area contributed by atoms with Gasteiger partial charge in [-0.25, -0.2) is 0 Å². The van der Waals surface area contributed by atoms with Crippen LogP contribution in [0.4, 0.5) is 0 Å². The van der Waals surface area contributed by atoms with Crippen molar-refractivity contribution in [3.63, 3.8) is 0 Å². The van der Waals surface area contributed by atoms with Gasteiger partial charge in [-0.1, -0.05) is 24.3 Å². The van der Waals surface area contributed by atoms with Gasteiger partial charge >= 0.3 is 17.9 Å². The molecule has 1 N–H and O–H groups in total. The molecule has 1 atom stereocenters. The molecule has 1 unspecified atom stereocenters. The Morgan fingerprint density at radius 3 is 2.52 bits per heavy atom. The molecule has 0 fully saturated rings. The Morgan fingerprint density at radius 1 is 1.20 bits per heavy atom. The zero-order valence-corrected chi connectivity index (χ0v) is 15.0. The van der Waals surface area contributed by atoms with Gasteiger partial charge in [0.15, 0.2) is 0 Å². The lowest BCUT2D eigenvalue weighted by atomic mass is 9.78. The normalized spacial score (nSPS) is 12.9. The van der Waals surface area contributed by atoms with Gasteiger partial charge in [-0.05, 0) is 44.2 Å². The zero-order valence-electron chi connectivity index (χ0n) is 15.0. The number of aliphatic carboxylic acids is 1. The van der Waals surface area contributed by atoms with Gasteiger partial charge in [0, 0.05) is 13.3 Å². The van der Waals surface area contributed by atoms with Gasteiger partial charge in [-0.2, -0.15) is 0 Å². The second-order valence-electron chi connectivity index (χ2n) is 6.09. The van der Waals surface area contributed by atoms with Crippen LogP contribution in [0.2, 0.25) is 0 Å². The number of carboxylic acid groups (broad SMARTS) is 1. The molecule has 1 aromatic carbocycles. The first-order chi connectivity index (χ1) is 11.8. The maximum absolute atomic E-state index is 11.8. The number of benzene rings is 1. The third kappa shape index (κ3) is 6.57. The van der Waals surface area contributed by atoms with Gasteiger partial charge in [0.2, 0.25) is 0 Å². The highest BCUT2D eigenvalue weighted by atomic mass is 16.5. The second kappa shape index (κ2) is 9.81. The Morgan fingerprint density at radius 2 is 1.92 bits per heavy atom. The molecule has 0 saturated heterocycles. The maximum atomic E-state index is 11.8. The molecule has 0 amide bonds. The molecule has 138 valence electrons. The number of hydrogen-bond donors (Lipinski definition) is 1. The van der Waals surface area contributed by atoms with Gasteiger partial charge in [-0.15, -0.1) is 0 Å². The quantitative estimate of drug-likeness (QED) is 0.515. The first kappa shape index (κ1) is 20.7. The van der Waals surface area contributed by atoms with E-state index in [4.69, 9.17) is 9.47 Å². The molecule has 1 rings (SSSR count). The van der Waals surface area contributed by atoms with Gasteiger partial charge in [0.25, 0.3) is 0 Å². The molecule has 0 saturated carbocycles. The number of esters is 2. The summed E-state index contributed by atoms with van der Waals surface area (Å²) < 4.78 is 9.79. The summed E-state index contributed by atoms with van der Waals surface area (Å²) in [5, 5.41) is 9.69. The van der Waals surface area contributed by atoms with Crippen LogP contribution in [0.5, 0.6) is 0 Å². The number of ether oxygens (including phenoxy) is 2. The van der Waals surface area contributed by atoms with Crippen molar-refractivity contribution in [1.82, 2.24) is 0 Å². The van der Waals surface area contributed by atoms with E-state index in [-0.39, 0.29) is 25.0 Å². The van der Waals surface area contributed by atoms with E-state index in [0.717, 1.165) is 5.56 Å². The van der Waals surface area contributed by atoms with E-state index >= 15 is 0 Å². The van der Waals surface area contributed by atoms with Crippen LogP contribution in [0.25, 0.3) is 0 Å². The van der Waals surface area contributed by atoms with E-state index in [0.29, 0.717) is 31.4 Å². The van der Waals surface area contributed by atoms with Crippen LogP contribution in [0.15, 0.2) is 24.3 Å². The van der Waals surface area contributed by atoms with Crippen LogP contribution in [0, 0.1) is 0 Å². The molecular formula is C19H26O6. The summed E-state index contributed by atoms with van der Waals surface area (Å²) in [6.45, 7) is 5.28. The third-order valence-corrected chi connectivity index (χ3v) is 4.09. The minimum Gasteiger partial charge on any atom is -0.481 e. The summed E-state index contributed by atoms with van der Waals surface area (Å²) in [6, 6.07) is 7.25. The van der Waals surface area contributed by atoms with Crippen LogP contribution in [0.3, 0.4) is 0 Å². The van der Waals surface area contributed by atoms with Gasteiger partial charge in [-0.3, -0.25) is 14.4 Å². The van der Waals surface area contributed by atoms with Crippen molar-refractivity contribution >= 4 is 17.9 Å². The summed E-state index contributed by atoms with van der Waals surface area (Å²) in [5.74, 6) is -1.58. The number of carbonyl (C=O) groups is 3. The molecule has 6 heteroatoms. The topological polar surface area (TPSA) is 89.9 Å². The Balaban J connectivity index is 2.82. The lowest BCUT2D eigenvalue weighted by Crippen LogP contribution is -2.33. The van der Waals surface area contributed by atoms with Crippen molar-refractivity contribution in [2.24, 2.45) is 0 Å². The molecule has 0 aromatic heterocycles. The largest absolute Gasteiger partial charge is 0.481 e. The molecule has 1 aromatic rings. The van der Waals surface area contributed by atoms with Crippen molar-refractivity contribution in [2.75, 3.05) is 13.2 Å². The van der Waals surface area contributed by atoms with Crippen molar-refractivity contribution in [3.05, 3.63) is 35.4 Å². The fourth-order valence-electron chi connectivity index (χ4n) is 2.57. The second-order valence-corrected chi connectivity index (χ2v) is 6.09. The molecule has 0 aliphatic carbocycles. The maximum Gasteiger partial charge on any atom is 0.313 e. The van der Waals surface area contributed by atoms with Crippen molar-refractivity contribution in [2.45, 2.75) is 51.9 Å². The molecular weight excluding hydrogens is 324 g/mol. The third-order valence-electron chi connectivity index (χ3n) is 4.09. The number of carbonyl (C=O) groups excluding carboxylic acids is 2. The number of hydrogen-bond acceptors (Lipinski definition) is 5. The molecule has 0 bridgehead atoms. The Labute approximate surface area is 148 Å². The summed E-state index contributed by atoms with van der Waals surface area (Å²) in [5.41, 5.74) is 0.474. The highest BCUT2D eigenvalue weighted by molar-refractivity contribution is 5.81. The van der Waals surface area contributed by atoms with Crippen molar-refractivity contribution in [3.8, 4) is 0 Å². The van der Waals surface area contributed by atoms with E-state index in [9.17, 15) is 19.5 Å². The van der Waals surface area contributed by atoms with E-state index < -0.39 is 11.4 Å². The highest BCUT2D eigenvalue weighted by Crippen LogP contribution is 2.30. The standard InChI is InChI=1S/C19H26O6/c1-4-24-17(21)10-9-15-7-5-8-16(13-15)19(3,18(22)23)11-6-12-25-14(2)20/h5,7-8,13H,4,6,9-12H2,1-3H3,(H,22,23). The first-order valence-corrected chi connectivity index (χ1v) is 8.41. The van der Waals surface area contributed by atoms with E-state index in [1.165, 1.54) is 6.92 Å². The lowest BCUT2D eigenvalue weighted by molar-refractivity contribution is -0.144. The monoisotopic (exact) mass is 350 g/mol. The Hall–Kier alpha value is -2.37. The molecule has 0 aliphatic rings. The van der Waals surface area contributed by atoms with E-state index in [1.807, 2.05) is 12.1 Å². The number of carboxylic acids is 1. The van der Waals surface area contributed by atoms with Crippen LogP contribution in [-0.2, 0) is 35.7 Å². The highest BCUT2D eigenvalue weighted by Gasteiger charge is 2.34. The van der Waals surface area contributed by atoms with Gasteiger partial charge in [0.05, 0.1) is 18.6 Å². The Kier molecular flexibility index (Phi) is 8.11. The van der Waals surface area contributed by atoms with E-state index in [2.05, 4.69) is 0 Å². The molecule has 0 radical (unpaired) electrons. The fourth-order valence-corrected chi connectivity index (χ4v) is 2.57. The molecule has 0 heterocycles. The minimum atomic E-state index is -1.08. The summed E-state index contributed by atoms with van der Waals surface area (Å²) in [7, 11) is 0. The average Bonchev–Trinajstić information content (AvgIpc) is 2.57. The van der Waals surface area contributed by atoms with Crippen LogP contribution in [-0.4, -0.2) is 36.2 Å². The average molecular weight is 350 g/mol. The zero-order chi connectivity index (χ0) is 18.9. The van der Waals surface area contributed by atoms with Crippen molar-refractivity contribution in [1.29, 1.82) is 0 Å². The first-order valence-electron chi connectivity index (χ1n) is 8.41. The minimum absolute atomic E-state index is 0.195. The summed E-state index contributed by atoms with van der Waals surface area (Å²) in [4.78, 5) is 34.1. The Bertz CT molecular complexity index is 610. The predicted molar refractivity (Wildman–Crippen MR) is 92.3 cm³/mol. The number of aryl methyl sites for hydroxylation is 1. The number of rotatable bonds is 10. The van der Waals surface area contributed by atoms with Gasteiger partial charge in [0.1, 0.15) is 0 Å². The molecule has 25 heavy (non-hydrogen) atoms. The van der Waals surface area contributed by atoms with E-state index in [1.54, 1.807) is 26.0 Å². The summed E-state index contributed by atoms with van der Waals surface area (Å²) in [6.07, 6.45) is 1.55. The van der Waals surface area contributed by atoms with Crippen LogP contribution in [0.1, 0.15) is 51.2 Å². The van der Waals surface area contributed by atoms with Crippen LogP contribution < -0.4 is 0 Å².